The third-order valence-electron chi connectivity index (χ3n) is 4.23. The normalized spacial score (nSPS) is 10.9. The molecule has 0 saturated heterocycles. The van der Waals surface area contributed by atoms with Gasteiger partial charge in [0.2, 0.25) is 0 Å². The zero-order valence-electron chi connectivity index (χ0n) is 15.4. The van der Waals surface area contributed by atoms with E-state index in [0.717, 1.165) is 27.2 Å². The number of esters is 1. The van der Waals surface area contributed by atoms with Crippen molar-refractivity contribution in [3.63, 3.8) is 0 Å². The Hall–Kier alpha value is -3.33. The Bertz CT molecular complexity index is 1110. The van der Waals surface area contributed by atoms with Gasteiger partial charge in [0.05, 0.1) is 12.0 Å². The highest BCUT2D eigenvalue weighted by Gasteiger charge is 2.20. The Kier molecular flexibility index (Phi) is 4.98. The van der Waals surface area contributed by atoms with Crippen molar-refractivity contribution in [3.8, 4) is 5.82 Å². The predicted molar refractivity (Wildman–Crippen MR) is 107 cm³/mol. The highest BCUT2D eigenvalue weighted by atomic mass is 32.1. The molecular weight excluding hydrogens is 376 g/mol. The number of aromatic nitrogens is 5. The van der Waals surface area contributed by atoms with Gasteiger partial charge in [-0.15, -0.1) is 11.3 Å². The summed E-state index contributed by atoms with van der Waals surface area (Å²) in [7, 11) is 0. The number of carbonyl (C=O) groups is 1. The standard InChI is InChI=1S/C19H18N6O2S/c1-3-27-19(26)16-12(2)15-17(23-10-24-18(15)28-16)22-9-13-4-5-14(21-8-13)25-7-6-20-11-25/h4-8,10-11H,3,9H2,1-2H3,(H,22,23,24). The summed E-state index contributed by atoms with van der Waals surface area (Å²) in [5.41, 5.74) is 1.84. The van der Waals surface area contributed by atoms with Crippen molar-refractivity contribution in [1.29, 1.82) is 0 Å². The monoisotopic (exact) mass is 394 g/mol. The quantitative estimate of drug-likeness (QED) is 0.501. The van der Waals surface area contributed by atoms with Gasteiger partial charge in [0.25, 0.3) is 0 Å². The van der Waals surface area contributed by atoms with E-state index in [0.29, 0.717) is 23.8 Å². The van der Waals surface area contributed by atoms with Crippen LogP contribution in [0.2, 0.25) is 0 Å². The van der Waals surface area contributed by atoms with Crippen LogP contribution in [0.4, 0.5) is 5.82 Å². The molecule has 0 aliphatic carbocycles. The highest BCUT2D eigenvalue weighted by Crippen LogP contribution is 2.33. The molecule has 142 valence electrons. The first-order valence-corrected chi connectivity index (χ1v) is 9.57. The average Bonchev–Trinajstić information content (AvgIpc) is 3.36. The molecule has 0 atom stereocenters. The number of rotatable bonds is 6. The number of ether oxygens (including phenoxy) is 1. The van der Waals surface area contributed by atoms with Crippen molar-refractivity contribution >= 4 is 33.3 Å². The molecule has 0 aliphatic rings. The minimum atomic E-state index is -0.326. The summed E-state index contributed by atoms with van der Waals surface area (Å²) in [6, 6.07) is 3.93. The lowest BCUT2D eigenvalue weighted by Gasteiger charge is -2.08. The minimum Gasteiger partial charge on any atom is -0.462 e. The predicted octanol–water partition coefficient (Wildman–Crippen LogP) is 3.37. The van der Waals surface area contributed by atoms with Gasteiger partial charge in [-0.2, -0.15) is 0 Å². The van der Waals surface area contributed by atoms with Crippen molar-refractivity contribution in [2.75, 3.05) is 11.9 Å². The number of anilines is 1. The second-order valence-corrected chi connectivity index (χ2v) is 7.03. The van der Waals surface area contributed by atoms with Crippen LogP contribution in [0, 0.1) is 6.92 Å². The number of imidazole rings is 1. The summed E-state index contributed by atoms with van der Waals surface area (Å²) in [6.45, 7) is 4.57. The van der Waals surface area contributed by atoms with E-state index in [1.807, 2.05) is 36.0 Å². The van der Waals surface area contributed by atoms with Gasteiger partial charge >= 0.3 is 5.97 Å². The van der Waals surface area contributed by atoms with Crippen LogP contribution in [0.1, 0.15) is 27.7 Å². The first kappa shape index (κ1) is 18.1. The smallest absolute Gasteiger partial charge is 0.348 e. The van der Waals surface area contributed by atoms with E-state index in [1.165, 1.54) is 17.7 Å². The van der Waals surface area contributed by atoms with Gasteiger partial charge in [-0.25, -0.2) is 24.7 Å². The van der Waals surface area contributed by atoms with Crippen LogP contribution in [0.5, 0.6) is 0 Å². The molecule has 0 aromatic carbocycles. The number of thiophene rings is 1. The maximum absolute atomic E-state index is 12.2. The summed E-state index contributed by atoms with van der Waals surface area (Å²) in [5.74, 6) is 1.17. The van der Waals surface area contributed by atoms with Crippen LogP contribution < -0.4 is 5.32 Å². The molecule has 9 heteroatoms. The zero-order valence-corrected chi connectivity index (χ0v) is 16.2. The summed E-state index contributed by atoms with van der Waals surface area (Å²) in [5, 5.41) is 4.17. The SMILES string of the molecule is CCOC(=O)c1sc2ncnc(NCc3ccc(-n4ccnc4)nc3)c2c1C. The second-order valence-electron chi connectivity index (χ2n) is 6.03. The Morgan fingerprint density at radius 1 is 1.29 bits per heavy atom. The lowest BCUT2D eigenvalue weighted by atomic mass is 10.2. The molecule has 0 fully saturated rings. The van der Waals surface area contributed by atoms with E-state index < -0.39 is 0 Å². The number of pyridine rings is 1. The van der Waals surface area contributed by atoms with Crippen molar-refractivity contribution < 1.29 is 9.53 Å². The fourth-order valence-corrected chi connectivity index (χ4v) is 3.89. The van der Waals surface area contributed by atoms with E-state index in [-0.39, 0.29) is 5.97 Å². The minimum absolute atomic E-state index is 0.326. The number of carbonyl (C=O) groups excluding carboxylic acids is 1. The molecule has 0 amide bonds. The van der Waals surface area contributed by atoms with E-state index >= 15 is 0 Å². The summed E-state index contributed by atoms with van der Waals surface area (Å²) < 4.78 is 6.98. The van der Waals surface area contributed by atoms with Gasteiger partial charge in [0.15, 0.2) is 0 Å². The Labute approximate surface area is 165 Å². The van der Waals surface area contributed by atoms with Crippen LogP contribution >= 0.6 is 11.3 Å². The van der Waals surface area contributed by atoms with E-state index in [4.69, 9.17) is 4.74 Å². The number of hydrogen-bond donors (Lipinski definition) is 1. The largest absolute Gasteiger partial charge is 0.462 e. The Morgan fingerprint density at radius 3 is 2.89 bits per heavy atom. The number of aryl methyl sites for hydroxylation is 1. The number of nitrogens with one attached hydrogen (secondary N) is 1. The maximum atomic E-state index is 12.2. The molecule has 28 heavy (non-hydrogen) atoms. The van der Waals surface area contributed by atoms with Crippen LogP contribution in [0.15, 0.2) is 43.4 Å². The van der Waals surface area contributed by atoms with Gasteiger partial charge in [-0.05, 0) is 31.0 Å². The molecular formula is C19H18N6O2S. The van der Waals surface area contributed by atoms with Gasteiger partial charge in [0.1, 0.15) is 34.0 Å². The molecule has 1 N–H and O–H groups in total. The van der Waals surface area contributed by atoms with E-state index in [2.05, 4.69) is 25.3 Å². The highest BCUT2D eigenvalue weighted by molar-refractivity contribution is 7.20. The number of fused-ring (bicyclic) bond motifs is 1. The molecule has 4 aromatic rings. The van der Waals surface area contributed by atoms with Crippen molar-refractivity contribution in [3.05, 3.63) is 59.4 Å². The first-order chi connectivity index (χ1) is 13.7. The molecule has 0 radical (unpaired) electrons. The molecule has 4 aromatic heterocycles. The third-order valence-corrected chi connectivity index (χ3v) is 5.41. The molecule has 0 spiro atoms. The van der Waals surface area contributed by atoms with E-state index in [9.17, 15) is 4.79 Å². The molecule has 0 unspecified atom stereocenters. The fourth-order valence-electron chi connectivity index (χ4n) is 2.85. The summed E-state index contributed by atoms with van der Waals surface area (Å²) in [4.78, 5) is 30.6. The van der Waals surface area contributed by atoms with Crippen molar-refractivity contribution in [1.82, 2.24) is 24.5 Å². The Morgan fingerprint density at radius 2 is 2.18 bits per heavy atom. The molecule has 4 rings (SSSR count). The van der Waals surface area contributed by atoms with Crippen molar-refractivity contribution in [2.45, 2.75) is 20.4 Å². The second kappa shape index (κ2) is 7.73. The molecule has 0 aliphatic heterocycles. The first-order valence-electron chi connectivity index (χ1n) is 8.75. The van der Waals surface area contributed by atoms with E-state index in [1.54, 1.807) is 19.4 Å². The van der Waals surface area contributed by atoms with Crippen LogP contribution in [-0.4, -0.2) is 37.1 Å². The molecule has 0 saturated carbocycles. The van der Waals surface area contributed by atoms with Crippen LogP contribution in [0.3, 0.4) is 0 Å². The molecule has 8 nitrogen and oxygen atoms in total. The van der Waals surface area contributed by atoms with Gasteiger partial charge in [0, 0.05) is 25.1 Å². The van der Waals surface area contributed by atoms with Gasteiger partial charge in [-0.1, -0.05) is 6.07 Å². The lowest BCUT2D eigenvalue weighted by Crippen LogP contribution is -2.05. The lowest BCUT2D eigenvalue weighted by molar-refractivity contribution is 0.0531. The van der Waals surface area contributed by atoms with Crippen LogP contribution in [0.25, 0.3) is 16.0 Å². The van der Waals surface area contributed by atoms with Crippen molar-refractivity contribution in [2.24, 2.45) is 0 Å². The van der Waals surface area contributed by atoms with Gasteiger partial charge < -0.3 is 10.1 Å². The number of hydrogen-bond acceptors (Lipinski definition) is 8. The Balaban J connectivity index is 1.55. The fraction of sp³-hybridized carbons (Fsp3) is 0.211. The van der Waals surface area contributed by atoms with Gasteiger partial charge in [-0.3, -0.25) is 4.57 Å². The van der Waals surface area contributed by atoms with Crippen LogP contribution in [-0.2, 0) is 11.3 Å². The summed E-state index contributed by atoms with van der Waals surface area (Å²) in [6.07, 6.45) is 8.57. The third kappa shape index (κ3) is 3.44. The number of nitrogens with zero attached hydrogens (tertiary/aromatic N) is 5. The zero-order chi connectivity index (χ0) is 19.5. The maximum Gasteiger partial charge on any atom is 0.348 e. The average molecular weight is 394 g/mol. The summed E-state index contributed by atoms with van der Waals surface area (Å²) >= 11 is 1.32. The molecule has 4 heterocycles. The topological polar surface area (TPSA) is 94.8 Å². The molecule has 0 bridgehead atoms.